The van der Waals surface area contributed by atoms with Crippen LogP contribution < -0.4 is 0 Å². The van der Waals surface area contributed by atoms with Crippen molar-refractivity contribution in [1.82, 2.24) is 0 Å². The van der Waals surface area contributed by atoms with Gasteiger partial charge in [-0.1, -0.05) is 65.7 Å². The molecule has 1 atom stereocenters. The van der Waals surface area contributed by atoms with Crippen LogP contribution in [-0.2, 0) is 6.42 Å². The maximum absolute atomic E-state index is 14.0. The predicted octanol–water partition coefficient (Wildman–Crippen LogP) is 5.96. The molecule has 0 N–H and O–H groups in total. The predicted molar refractivity (Wildman–Crippen MR) is 87.0 cm³/mol. The highest BCUT2D eigenvalue weighted by Gasteiger charge is 2.14. The number of benzene rings is 2. The molecule has 0 saturated carbocycles. The van der Waals surface area contributed by atoms with Gasteiger partial charge in [-0.05, 0) is 42.5 Å². The summed E-state index contributed by atoms with van der Waals surface area (Å²) in [5, 5.41) is 0. The number of aryl methyl sites for hydroxylation is 2. The highest BCUT2D eigenvalue weighted by Crippen LogP contribution is 2.32. The lowest BCUT2D eigenvalue weighted by molar-refractivity contribution is 0.612. The molecule has 0 heterocycles. The van der Waals surface area contributed by atoms with Gasteiger partial charge in [0.1, 0.15) is 5.82 Å². The molecule has 0 spiro atoms. The molecule has 20 heavy (non-hydrogen) atoms. The minimum absolute atomic E-state index is 0.0941. The largest absolute Gasteiger partial charge is 0.207 e. The quantitative estimate of drug-likeness (QED) is 0.591. The lowest BCUT2D eigenvalue weighted by Gasteiger charge is -2.13. The highest BCUT2D eigenvalue weighted by molar-refractivity contribution is 9.09. The van der Waals surface area contributed by atoms with Crippen LogP contribution in [0.2, 0.25) is 0 Å². The molecule has 0 aromatic heterocycles. The van der Waals surface area contributed by atoms with Crippen LogP contribution in [0.3, 0.4) is 0 Å². The molecular formula is C18H20BrF. The van der Waals surface area contributed by atoms with Gasteiger partial charge in [0.15, 0.2) is 0 Å². The van der Waals surface area contributed by atoms with Gasteiger partial charge in [0.05, 0.1) is 4.83 Å². The average Bonchev–Trinajstić information content (AvgIpc) is 2.45. The summed E-state index contributed by atoms with van der Waals surface area (Å²) in [5.74, 6) is -0.151. The highest BCUT2D eigenvalue weighted by atomic mass is 79.9. The molecule has 0 aliphatic heterocycles. The molecule has 0 aliphatic carbocycles. The van der Waals surface area contributed by atoms with E-state index in [1.54, 1.807) is 6.07 Å². The molecule has 0 amide bonds. The van der Waals surface area contributed by atoms with Crippen LogP contribution in [0, 0.1) is 12.7 Å². The Labute approximate surface area is 129 Å². The van der Waals surface area contributed by atoms with Crippen LogP contribution >= 0.6 is 15.9 Å². The third-order valence-electron chi connectivity index (χ3n) is 3.52. The Bertz CT molecular complexity index is 560. The lowest BCUT2D eigenvalue weighted by Crippen LogP contribution is -1.97. The van der Waals surface area contributed by atoms with E-state index < -0.39 is 0 Å². The summed E-state index contributed by atoms with van der Waals surface area (Å²) in [6.45, 7) is 4.10. The first kappa shape index (κ1) is 15.2. The summed E-state index contributed by atoms with van der Waals surface area (Å²) < 4.78 is 14.0. The van der Waals surface area contributed by atoms with Crippen molar-refractivity contribution in [2.24, 2.45) is 0 Å². The minimum Gasteiger partial charge on any atom is -0.207 e. The van der Waals surface area contributed by atoms with Gasteiger partial charge in [-0.2, -0.15) is 0 Å². The molecule has 0 radical (unpaired) electrons. The Kier molecular flexibility index (Phi) is 5.36. The number of alkyl halides is 1. The first-order chi connectivity index (χ1) is 9.61. The third-order valence-corrected chi connectivity index (χ3v) is 4.54. The van der Waals surface area contributed by atoms with E-state index in [9.17, 15) is 4.39 Å². The van der Waals surface area contributed by atoms with Gasteiger partial charge in [0.25, 0.3) is 0 Å². The number of unbranched alkanes of at least 4 members (excludes halogenated alkanes) is 1. The number of hydrogen-bond donors (Lipinski definition) is 0. The van der Waals surface area contributed by atoms with Gasteiger partial charge in [-0.3, -0.25) is 0 Å². The van der Waals surface area contributed by atoms with E-state index in [1.807, 2.05) is 19.1 Å². The van der Waals surface area contributed by atoms with E-state index in [4.69, 9.17) is 0 Å². The summed E-state index contributed by atoms with van der Waals surface area (Å²) >= 11 is 3.61. The SMILES string of the molecule is CCCCc1ccc(C(Br)c2ccc(C)cc2F)cc1. The van der Waals surface area contributed by atoms with Crippen molar-refractivity contribution in [2.75, 3.05) is 0 Å². The van der Waals surface area contributed by atoms with Crippen LogP contribution in [0.25, 0.3) is 0 Å². The summed E-state index contributed by atoms with van der Waals surface area (Å²) in [6, 6.07) is 13.8. The van der Waals surface area contributed by atoms with Crippen molar-refractivity contribution in [1.29, 1.82) is 0 Å². The standard InChI is InChI=1S/C18H20BrF/c1-3-4-5-14-7-9-15(10-8-14)18(19)16-11-6-13(2)12-17(16)20/h6-12,18H,3-5H2,1-2H3. The van der Waals surface area contributed by atoms with Gasteiger partial charge in [0, 0.05) is 5.56 Å². The van der Waals surface area contributed by atoms with Crippen molar-refractivity contribution >= 4 is 15.9 Å². The van der Waals surface area contributed by atoms with E-state index in [-0.39, 0.29) is 10.6 Å². The zero-order chi connectivity index (χ0) is 14.5. The number of hydrogen-bond acceptors (Lipinski definition) is 0. The molecule has 0 aliphatic rings. The van der Waals surface area contributed by atoms with Gasteiger partial charge >= 0.3 is 0 Å². The first-order valence-electron chi connectivity index (χ1n) is 7.10. The van der Waals surface area contributed by atoms with Crippen molar-refractivity contribution in [2.45, 2.75) is 37.9 Å². The zero-order valence-corrected chi connectivity index (χ0v) is 13.6. The van der Waals surface area contributed by atoms with Crippen molar-refractivity contribution < 1.29 is 4.39 Å². The molecule has 0 saturated heterocycles. The van der Waals surface area contributed by atoms with Crippen LogP contribution in [0.5, 0.6) is 0 Å². The molecule has 2 heteroatoms. The molecule has 0 fully saturated rings. The maximum Gasteiger partial charge on any atom is 0.128 e. The number of halogens is 2. The first-order valence-corrected chi connectivity index (χ1v) is 8.02. The Morgan fingerprint density at radius 3 is 2.40 bits per heavy atom. The molecule has 0 nitrogen and oxygen atoms in total. The molecule has 2 aromatic carbocycles. The Morgan fingerprint density at radius 1 is 1.10 bits per heavy atom. The molecule has 2 aromatic rings. The summed E-state index contributed by atoms with van der Waals surface area (Å²) in [6.07, 6.45) is 3.53. The molecule has 106 valence electrons. The molecule has 1 unspecified atom stereocenters. The van der Waals surface area contributed by atoms with Gasteiger partial charge in [-0.15, -0.1) is 0 Å². The summed E-state index contributed by atoms with van der Waals surface area (Å²) in [7, 11) is 0. The van der Waals surface area contributed by atoms with Crippen LogP contribution in [0.1, 0.15) is 46.8 Å². The van der Waals surface area contributed by atoms with E-state index in [0.717, 1.165) is 17.5 Å². The smallest absolute Gasteiger partial charge is 0.128 e. The minimum atomic E-state index is -0.151. The lowest BCUT2D eigenvalue weighted by atomic mass is 10.0. The summed E-state index contributed by atoms with van der Waals surface area (Å²) in [4.78, 5) is -0.0941. The second-order valence-corrected chi connectivity index (χ2v) is 6.15. The van der Waals surface area contributed by atoms with Gasteiger partial charge < -0.3 is 0 Å². The van der Waals surface area contributed by atoms with Crippen LogP contribution in [0.15, 0.2) is 42.5 Å². The van der Waals surface area contributed by atoms with Crippen LogP contribution in [0.4, 0.5) is 4.39 Å². The topological polar surface area (TPSA) is 0 Å². The molecular weight excluding hydrogens is 315 g/mol. The normalized spacial score (nSPS) is 12.4. The number of rotatable bonds is 5. The Balaban J connectivity index is 2.18. The van der Waals surface area contributed by atoms with E-state index >= 15 is 0 Å². The third kappa shape index (κ3) is 3.69. The van der Waals surface area contributed by atoms with E-state index in [0.29, 0.717) is 5.56 Å². The van der Waals surface area contributed by atoms with Crippen molar-refractivity contribution in [3.05, 3.63) is 70.5 Å². The fourth-order valence-electron chi connectivity index (χ4n) is 2.25. The molecule has 0 bridgehead atoms. The van der Waals surface area contributed by atoms with E-state index in [2.05, 4.69) is 47.1 Å². The Morgan fingerprint density at radius 2 is 1.80 bits per heavy atom. The van der Waals surface area contributed by atoms with Gasteiger partial charge in [-0.25, -0.2) is 4.39 Å². The second-order valence-electron chi connectivity index (χ2n) is 5.23. The zero-order valence-electron chi connectivity index (χ0n) is 12.0. The summed E-state index contributed by atoms with van der Waals surface area (Å²) in [5.41, 5.74) is 4.07. The van der Waals surface area contributed by atoms with Crippen LogP contribution in [-0.4, -0.2) is 0 Å². The monoisotopic (exact) mass is 334 g/mol. The van der Waals surface area contributed by atoms with Crippen molar-refractivity contribution in [3.63, 3.8) is 0 Å². The fourth-order valence-corrected chi connectivity index (χ4v) is 2.93. The van der Waals surface area contributed by atoms with Gasteiger partial charge in [0.2, 0.25) is 0 Å². The maximum atomic E-state index is 14.0. The van der Waals surface area contributed by atoms with Crippen molar-refractivity contribution in [3.8, 4) is 0 Å². The van der Waals surface area contributed by atoms with E-state index in [1.165, 1.54) is 18.4 Å². The second kappa shape index (κ2) is 7.03. The molecule has 2 rings (SSSR count). The Hall–Kier alpha value is -1.15. The average molecular weight is 335 g/mol. The fraction of sp³-hybridized carbons (Fsp3) is 0.333.